The molecule has 1 aromatic heterocycles. The second kappa shape index (κ2) is 2.79. The van der Waals surface area contributed by atoms with Crippen molar-refractivity contribution in [1.29, 1.82) is 0 Å². The molecule has 12 heavy (non-hydrogen) atoms. The molecule has 1 nitrogen and oxygen atoms in total. The first-order valence-corrected chi connectivity index (χ1v) is 4.17. The van der Waals surface area contributed by atoms with Gasteiger partial charge in [-0.2, -0.15) is 0 Å². The lowest BCUT2D eigenvalue weighted by Gasteiger charge is -2.00. The second-order valence-corrected chi connectivity index (χ2v) is 3.16. The lowest BCUT2D eigenvalue weighted by molar-refractivity contribution is 1.42. The summed E-state index contributed by atoms with van der Waals surface area (Å²) in [4.78, 5) is 4.20. The van der Waals surface area contributed by atoms with Crippen LogP contribution in [0.2, 0.25) is 5.15 Å². The maximum absolute atomic E-state index is 5.76. The summed E-state index contributed by atoms with van der Waals surface area (Å²) in [7, 11) is 2.07. The van der Waals surface area contributed by atoms with Crippen LogP contribution in [-0.4, -0.2) is 12.8 Å². The summed E-state index contributed by atoms with van der Waals surface area (Å²) in [6, 6.07) is 9.84. The molecular weight excluding hydrogens is 168 g/mol. The molecule has 0 spiro atoms. The number of benzene rings is 1. The minimum absolute atomic E-state index is 0.549. The number of hydrogen-bond acceptors (Lipinski definition) is 1. The normalized spacial score (nSPS) is 10.4. The highest BCUT2D eigenvalue weighted by molar-refractivity contribution is 6.38. The minimum Gasteiger partial charge on any atom is -0.236 e. The van der Waals surface area contributed by atoms with Crippen molar-refractivity contribution < 1.29 is 0 Å². The van der Waals surface area contributed by atoms with E-state index in [2.05, 4.69) is 18.9 Å². The maximum Gasteiger partial charge on any atom is 0.140 e. The van der Waals surface area contributed by atoms with Crippen LogP contribution >= 0.6 is 11.6 Å². The predicted octanol–water partition coefficient (Wildman–Crippen LogP) is 1.15. The summed E-state index contributed by atoms with van der Waals surface area (Å²) in [6.45, 7) is 0. The van der Waals surface area contributed by atoms with Crippen molar-refractivity contribution in [3.05, 3.63) is 35.5 Å². The van der Waals surface area contributed by atoms with Gasteiger partial charge in [-0.3, -0.25) is 0 Å². The second-order valence-electron chi connectivity index (χ2n) is 2.78. The van der Waals surface area contributed by atoms with Crippen molar-refractivity contribution in [2.45, 2.75) is 0 Å². The summed E-state index contributed by atoms with van der Waals surface area (Å²) in [5, 5.41) is 1.72. The number of nitrogens with zero attached hydrogens (tertiary/aromatic N) is 1. The van der Waals surface area contributed by atoms with Gasteiger partial charge in [-0.05, 0) is 17.5 Å². The van der Waals surface area contributed by atoms with Crippen LogP contribution in [0.25, 0.3) is 10.9 Å². The first-order chi connectivity index (χ1) is 5.77. The summed E-state index contributed by atoms with van der Waals surface area (Å²) in [5.74, 6) is 0. The molecule has 0 aliphatic rings. The highest BCUT2D eigenvalue weighted by Gasteiger charge is 1.97. The van der Waals surface area contributed by atoms with Gasteiger partial charge in [0, 0.05) is 0 Å². The zero-order valence-electron chi connectivity index (χ0n) is 6.71. The Labute approximate surface area is 76.8 Å². The maximum atomic E-state index is 5.76. The van der Waals surface area contributed by atoms with Crippen molar-refractivity contribution in [2.75, 3.05) is 0 Å². The first kappa shape index (κ1) is 7.62. The van der Waals surface area contributed by atoms with Crippen LogP contribution in [0.1, 0.15) is 0 Å². The Morgan fingerprint density at radius 3 is 2.83 bits per heavy atom. The number of rotatable bonds is 0. The third-order valence-corrected chi connectivity index (χ3v) is 2.13. The predicted molar refractivity (Wildman–Crippen MR) is 54.9 cm³/mol. The van der Waals surface area contributed by atoms with Gasteiger partial charge in [-0.25, -0.2) is 4.98 Å². The van der Waals surface area contributed by atoms with Gasteiger partial charge in [0.15, 0.2) is 0 Å². The van der Waals surface area contributed by atoms with Crippen molar-refractivity contribution in [1.82, 2.24) is 4.98 Å². The zero-order chi connectivity index (χ0) is 8.55. The molecule has 0 atom stereocenters. The van der Waals surface area contributed by atoms with Crippen LogP contribution in [0.4, 0.5) is 0 Å². The topological polar surface area (TPSA) is 12.9 Å². The van der Waals surface area contributed by atoms with Gasteiger partial charge in [-0.1, -0.05) is 35.3 Å². The van der Waals surface area contributed by atoms with Crippen LogP contribution in [0.3, 0.4) is 0 Å². The fourth-order valence-electron chi connectivity index (χ4n) is 1.28. The van der Waals surface area contributed by atoms with Gasteiger partial charge in [0.1, 0.15) is 13.0 Å². The molecule has 0 aliphatic carbocycles. The van der Waals surface area contributed by atoms with Gasteiger partial charge < -0.3 is 0 Å². The Kier molecular flexibility index (Phi) is 1.78. The molecule has 0 radical (unpaired) electrons. The van der Waals surface area contributed by atoms with Crippen molar-refractivity contribution in [2.24, 2.45) is 0 Å². The average Bonchev–Trinajstić information content (AvgIpc) is 2.04. The molecule has 0 N–H and O–H groups in total. The smallest absolute Gasteiger partial charge is 0.140 e. The Balaban J connectivity index is 2.86. The molecule has 0 unspecified atom stereocenters. The zero-order valence-corrected chi connectivity index (χ0v) is 7.47. The molecule has 0 amide bonds. The van der Waals surface area contributed by atoms with Crippen LogP contribution in [0.15, 0.2) is 30.3 Å². The van der Waals surface area contributed by atoms with E-state index in [4.69, 9.17) is 11.6 Å². The van der Waals surface area contributed by atoms with Gasteiger partial charge in [0.25, 0.3) is 0 Å². The van der Waals surface area contributed by atoms with Crippen LogP contribution in [-0.2, 0) is 0 Å². The molecule has 2 rings (SSSR count). The highest BCUT2D eigenvalue weighted by atomic mass is 35.5. The molecule has 3 heteroatoms. The highest BCUT2D eigenvalue weighted by Crippen LogP contribution is 2.12. The monoisotopic (exact) mass is 175 g/mol. The largest absolute Gasteiger partial charge is 0.236 e. The van der Waals surface area contributed by atoms with E-state index in [0.717, 1.165) is 5.52 Å². The number of fused-ring (bicyclic) bond motifs is 1. The third-order valence-electron chi connectivity index (χ3n) is 1.92. The van der Waals surface area contributed by atoms with Gasteiger partial charge in [-0.15, -0.1) is 0 Å². The number of pyridine rings is 1. The Hall–Kier alpha value is -1.02. The molecular formula is C9H7BClN. The SMILES string of the molecule is Bc1cccc2nc(Cl)ccc12. The Morgan fingerprint density at radius 2 is 2.00 bits per heavy atom. The molecule has 1 heterocycles. The fraction of sp³-hybridized carbons (Fsp3) is 0. The number of halogens is 1. The van der Waals surface area contributed by atoms with E-state index in [1.165, 1.54) is 10.8 Å². The molecule has 0 bridgehead atoms. The van der Waals surface area contributed by atoms with E-state index in [0.29, 0.717) is 5.15 Å². The van der Waals surface area contributed by atoms with Crippen molar-refractivity contribution >= 4 is 35.8 Å². The van der Waals surface area contributed by atoms with E-state index >= 15 is 0 Å². The van der Waals surface area contributed by atoms with Crippen molar-refractivity contribution in [3.63, 3.8) is 0 Å². The minimum atomic E-state index is 0.549. The molecule has 0 saturated heterocycles. The van der Waals surface area contributed by atoms with E-state index in [-0.39, 0.29) is 0 Å². The summed E-state index contributed by atoms with van der Waals surface area (Å²) < 4.78 is 0. The van der Waals surface area contributed by atoms with Gasteiger partial charge in [0.2, 0.25) is 0 Å². The van der Waals surface area contributed by atoms with Crippen molar-refractivity contribution in [3.8, 4) is 0 Å². The van der Waals surface area contributed by atoms with Crippen LogP contribution in [0, 0.1) is 0 Å². The number of hydrogen-bond donors (Lipinski definition) is 0. The standard InChI is InChI=1S/C9H7BClN/c10-7-2-1-3-8-6(7)4-5-9(11)12-8/h1-5H,10H2. The van der Waals surface area contributed by atoms with E-state index in [1.54, 1.807) is 0 Å². The van der Waals surface area contributed by atoms with Crippen LogP contribution < -0.4 is 5.46 Å². The molecule has 0 saturated carbocycles. The fourth-order valence-corrected chi connectivity index (χ4v) is 1.44. The Morgan fingerprint density at radius 1 is 1.17 bits per heavy atom. The summed E-state index contributed by atoms with van der Waals surface area (Å²) in [5.41, 5.74) is 2.19. The van der Waals surface area contributed by atoms with Crippen LogP contribution in [0.5, 0.6) is 0 Å². The quantitative estimate of drug-likeness (QED) is 0.432. The molecule has 1 aromatic carbocycles. The average molecular weight is 175 g/mol. The first-order valence-electron chi connectivity index (χ1n) is 3.79. The van der Waals surface area contributed by atoms with Gasteiger partial charge >= 0.3 is 0 Å². The summed E-state index contributed by atoms with van der Waals surface area (Å²) in [6.07, 6.45) is 0. The van der Waals surface area contributed by atoms with E-state index in [9.17, 15) is 0 Å². The molecule has 0 fully saturated rings. The lowest BCUT2D eigenvalue weighted by atomic mass is 9.92. The Bertz CT molecular complexity index is 428. The summed E-state index contributed by atoms with van der Waals surface area (Å²) >= 11 is 5.76. The van der Waals surface area contributed by atoms with E-state index in [1.807, 2.05) is 24.3 Å². The van der Waals surface area contributed by atoms with Gasteiger partial charge in [0.05, 0.1) is 5.52 Å². The molecule has 2 aromatic rings. The number of aromatic nitrogens is 1. The third kappa shape index (κ3) is 1.19. The molecule has 0 aliphatic heterocycles. The lowest BCUT2D eigenvalue weighted by Crippen LogP contribution is -2.02. The molecule has 58 valence electrons. The van der Waals surface area contributed by atoms with E-state index < -0.39 is 0 Å².